The van der Waals surface area contributed by atoms with Gasteiger partial charge in [0.2, 0.25) is 0 Å². The van der Waals surface area contributed by atoms with Crippen LogP contribution in [0.15, 0.2) is 21.5 Å². The van der Waals surface area contributed by atoms with E-state index in [0.717, 1.165) is 4.90 Å². The molecule has 0 aromatic heterocycles. The topological polar surface area (TPSA) is 26.0 Å². The SMILES string of the molecule is CC(C)Sc1cc(Br)c(F)cc1N. The zero-order valence-corrected chi connectivity index (χ0v) is 9.88. The Balaban J connectivity index is 3.01. The van der Waals surface area contributed by atoms with E-state index in [1.165, 1.54) is 6.07 Å². The molecule has 0 fully saturated rings. The molecule has 72 valence electrons. The van der Waals surface area contributed by atoms with Gasteiger partial charge in [-0.05, 0) is 28.1 Å². The Morgan fingerprint density at radius 1 is 1.46 bits per heavy atom. The maximum absolute atomic E-state index is 13.0. The van der Waals surface area contributed by atoms with Crippen molar-refractivity contribution in [2.75, 3.05) is 5.73 Å². The van der Waals surface area contributed by atoms with Crippen LogP contribution in [0.5, 0.6) is 0 Å². The first kappa shape index (κ1) is 10.9. The van der Waals surface area contributed by atoms with Crippen molar-refractivity contribution in [3.63, 3.8) is 0 Å². The van der Waals surface area contributed by atoms with Gasteiger partial charge in [0.1, 0.15) is 5.82 Å². The van der Waals surface area contributed by atoms with Gasteiger partial charge in [-0.2, -0.15) is 0 Å². The fraction of sp³-hybridized carbons (Fsp3) is 0.333. The van der Waals surface area contributed by atoms with Crippen molar-refractivity contribution in [1.29, 1.82) is 0 Å². The highest BCUT2D eigenvalue weighted by Gasteiger charge is 2.07. The van der Waals surface area contributed by atoms with E-state index in [0.29, 0.717) is 15.4 Å². The predicted octanol–water partition coefficient (Wildman–Crippen LogP) is 3.67. The molecule has 13 heavy (non-hydrogen) atoms. The Morgan fingerprint density at radius 2 is 2.08 bits per heavy atom. The monoisotopic (exact) mass is 263 g/mol. The smallest absolute Gasteiger partial charge is 0.139 e. The first-order chi connectivity index (χ1) is 6.00. The predicted molar refractivity (Wildman–Crippen MR) is 59.5 cm³/mol. The van der Waals surface area contributed by atoms with Crippen molar-refractivity contribution in [1.82, 2.24) is 0 Å². The number of rotatable bonds is 2. The minimum absolute atomic E-state index is 0.314. The zero-order chi connectivity index (χ0) is 10.0. The van der Waals surface area contributed by atoms with E-state index in [2.05, 4.69) is 29.8 Å². The lowest BCUT2D eigenvalue weighted by Crippen LogP contribution is -1.94. The Kier molecular flexibility index (Phi) is 3.62. The van der Waals surface area contributed by atoms with Gasteiger partial charge in [-0.15, -0.1) is 11.8 Å². The summed E-state index contributed by atoms with van der Waals surface area (Å²) < 4.78 is 13.4. The van der Waals surface area contributed by atoms with Gasteiger partial charge in [0.25, 0.3) is 0 Å². The summed E-state index contributed by atoms with van der Waals surface area (Å²) >= 11 is 4.75. The maximum atomic E-state index is 13.0. The number of anilines is 1. The Labute approximate surface area is 90.0 Å². The van der Waals surface area contributed by atoms with Crippen molar-refractivity contribution >= 4 is 33.4 Å². The molecule has 1 rings (SSSR count). The molecule has 0 aliphatic rings. The average molecular weight is 264 g/mol. The number of thioether (sulfide) groups is 1. The fourth-order valence-corrected chi connectivity index (χ4v) is 2.28. The second-order valence-electron chi connectivity index (χ2n) is 2.97. The molecule has 0 aliphatic carbocycles. The summed E-state index contributed by atoms with van der Waals surface area (Å²) in [6.45, 7) is 4.14. The van der Waals surface area contributed by atoms with Gasteiger partial charge < -0.3 is 5.73 Å². The molecule has 1 nitrogen and oxygen atoms in total. The summed E-state index contributed by atoms with van der Waals surface area (Å²) in [4.78, 5) is 0.920. The molecule has 0 aliphatic heterocycles. The van der Waals surface area contributed by atoms with Gasteiger partial charge in [-0.3, -0.25) is 0 Å². The maximum Gasteiger partial charge on any atom is 0.139 e. The standard InChI is InChI=1S/C9H11BrFNS/c1-5(2)13-9-3-6(10)7(11)4-8(9)12/h3-5H,12H2,1-2H3. The zero-order valence-electron chi connectivity index (χ0n) is 7.47. The van der Waals surface area contributed by atoms with Gasteiger partial charge in [0.15, 0.2) is 0 Å². The van der Waals surface area contributed by atoms with Crippen molar-refractivity contribution < 1.29 is 4.39 Å². The van der Waals surface area contributed by atoms with Gasteiger partial charge in [-0.25, -0.2) is 4.39 Å². The summed E-state index contributed by atoms with van der Waals surface area (Å²) in [5.74, 6) is -0.314. The molecule has 0 saturated carbocycles. The van der Waals surface area contributed by atoms with Crippen LogP contribution in [0.2, 0.25) is 0 Å². The van der Waals surface area contributed by atoms with E-state index < -0.39 is 0 Å². The summed E-state index contributed by atoms with van der Waals surface area (Å²) in [5, 5.41) is 0.444. The molecule has 0 unspecified atom stereocenters. The van der Waals surface area contributed by atoms with Crippen LogP contribution in [0, 0.1) is 5.82 Å². The van der Waals surface area contributed by atoms with E-state index in [9.17, 15) is 4.39 Å². The third kappa shape index (κ3) is 2.88. The molecule has 0 bridgehead atoms. The fourth-order valence-electron chi connectivity index (χ4n) is 0.900. The highest BCUT2D eigenvalue weighted by atomic mass is 79.9. The number of hydrogen-bond acceptors (Lipinski definition) is 2. The molecule has 2 N–H and O–H groups in total. The number of halogens is 2. The molecular weight excluding hydrogens is 253 g/mol. The molecule has 4 heteroatoms. The molecule has 0 radical (unpaired) electrons. The van der Waals surface area contributed by atoms with Gasteiger partial charge in [0.05, 0.1) is 4.47 Å². The minimum atomic E-state index is -0.314. The largest absolute Gasteiger partial charge is 0.398 e. The van der Waals surface area contributed by atoms with Crippen molar-refractivity contribution in [2.45, 2.75) is 24.0 Å². The molecule has 1 aromatic rings. The lowest BCUT2D eigenvalue weighted by Gasteiger charge is -2.08. The van der Waals surface area contributed by atoms with Crippen LogP contribution in [0.25, 0.3) is 0 Å². The second-order valence-corrected chi connectivity index (χ2v) is 5.44. The van der Waals surface area contributed by atoms with Crippen molar-refractivity contribution in [2.24, 2.45) is 0 Å². The number of hydrogen-bond donors (Lipinski definition) is 1. The summed E-state index contributed by atoms with van der Waals surface area (Å²) in [7, 11) is 0. The summed E-state index contributed by atoms with van der Waals surface area (Å²) in [6, 6.07) is 3.06. The summed E-state index contributed by atoms with van der Waals surface area (Å²) in [5.41, 5.74) is 6.16. The Morgan fingerprint density at radius 3 is 2.62 bits per heavy atom. The van der Waals surface area contributed by atoms with E-state index >= 15 is 0 Å². The van der Waals surface area contributed by atoms with Crippen LogP contribution in [-0.4, -0.2) is 5.25 Å². The summed E-state index contributed by atoms with van der Waals surface area (Å²) in [6.07, 6.45) is 0. The average Bonchev–Trinajstić information content (AvgIpc) is 1.99. The van der Waals surface area contributed by atoms with Crippen LogP contribution in [0.1, 0.15) is 13.8 Å². The van der Waals surface area contributed by atoms with E-state index in [1.54, 1.807) is 17.8 Å². The number of benzene rings is 1. The first-order valence-electron chi connectivity index (χ1n) is 3.92. The highest BCUT2D eigenvalue weighted by Crippen LogP contribution is 2.32. The van der Waals surface area contributed by atoms with Crippen LogP contribution in [0.3, 0.4) is 0 Å². The van der Waals surface area contributed by atoms with E-state index in [1.807, 2.05) is 0 Å². The quantitative estimate of drug-likeness (QED) is 0.651. The van der Waals surface area contributed by atoms with Crippen LogP contribution in [-0.2, 0) is 0 Å². The third-order valence-electron chi connectivity index (χ3n) is 1.42. The molecule has 0 saturated heterocycles. The third-order valence-corrected chi connectivity index (χ3v) is 3.10. The Bertz CT molecular complexity index is 315. The van der Waals surface area contributed by atoms with Crippen LogP contribution >= 0.6 is 27.7 Å². The second kappa shape index (κ2) is 4.33. The van der Waals surface area contributed by atoms with Gasteiger partial charge in [0, 0.05) is 15.8 Å². The molecule has 0 amide bonds. The van der Waals surface area contributed by atoms with Gasteiger partial charge in [-0.1, -0.05) is 13.8 Å². The Hall–Kier alpha value is -0.220. The normalized spacial score (nSPS) is 10.8. The van der Waals surface area contributed by atoms with E-state index in [4.69, 9.17) is 5.73 Å². The van der Waals surface area contributed by atoms with Crippen molar-refractivity contribution in [3.05, 3.63) is 22.4 Å². The van der Waals surface area contributed by atoms with E-state index in [-0.39, 0.29) is 5.82 Å². The van der Waals surface area contributed by atoms with Gasteiger partial charge >= 0.3 is 0 Å². The lowest BCUT2D eigenvalue weighted by molar-refractivity contribution is 0.620. The molecule has 0 atom stereocenters. The molecule has 1 aromatic carbocycles. The lowest BCUT2D eigenvalue weighted by atomic mass is 10.3. The number of nitrogen functional groups attached to an aromatic ring is 1. The molecule has 0 heterocycles. The molecular formula is C9H11BrFNS. The van der Waals surface area contributed by atoms with Crippen molar-refractivity contribution in [3.8, 4) is 0 Å². The molecule has 0 spiro atoms. The van der Waals surface area contributed by atoms with Crippen LogP contribution in [0.4, 0.5) is 10.1 Å². The van der Waals surface area contributed by atoms with Crippen LogP contribution < -0.4 is 5.73 Å². The number of nitrogens with two attached hydrogens (primary N) is 1. The first-order valence-corrected chi connectivity index (χ1v) is 5.59. The minimum Gasteiger partial charge on any atom is -0.398 e. The highest BCUT2D eigenvalue weighted by molar-refractivity contribution is 9.10.